The number of aromatic nitrogens is 2. The van der Waals surface area contributed by atoms with E-state index in [1.807, 2.05) is 16.8 Å². The number of carbonyl (C=O) groups excluding carboxylic acids is 1. The molecule has 2 aromatic rings. The van der Waals surface area contributed by atoms with Gasteiger partial charge in [0.1, 0.15) is 6.04 Å². The Hall–Kier alpha value is -1.38. The van der Waals surface area contributed by atoms with Crippen molar-refractivity contribution < 1.29 is 14.1 Å². The first-order valence-electron chi connectivity index (χ1n) is 6.55. The van der Waals surface area contributed by atoms with Gasteiger partial charge in [-0.3, -0.25) is 4.79 Å². The molecule has 114 valence electrons. The second-order valence-corrected chi connectivity index (χ2v) is 6.11. The summed E-state index contributed by atoms with van der Waals surface area (Å²) in [6.07, 6.45) is 0.568. The normalized spacial score (nSPS) is 12.3. The molecule has 0 spiro atoms. The van der Waals surface area contributed by atoms with Crippen molar-refractivity contribution in [2.24, 2.45) is 5.73 Å². The number of esters is 1. The fraction of sp³-hybridized carbons (Fsp3) is 0.462. The van der Waals surface area contributed by atoms with Crippen LogP contribution in [-0.4, -0.2) is 34.5 Å². The van der Waals surface area contributed by atoms with Gasteiger partial charge in [-0.1, -0.05) is 5.16 Å². The molecule has 1 atom stereocenters. The molecule has 0 aromatic carbocycles. The number of hydrogen-bond acceptors (Lipinski definition) is 8. The van der Waals surface area contributed by atoms with Gasteiger partial charge in [0.05, 0.1) is 17.9 Å². The maximum absolute atomic E-state index is 11.3. The molecule has 21 heavy (non-hydrogen) atoms. The lowest BCUT2D eigenvalue weighted by molar-refractivity contribution is -0.144. The molecule has 6 nitrogen and oxygen atoms in total. The van der Waals surface area contributed by atoms with Gasteiger partial charge in [-0.15, -0.1) is 0 Å². The van der Waals surface area contributed by atoms with Crippen LogP contribution in [-0.2, 0) is 15.3 Å². The highest BCUT2D eigenvalue weighted by Gasteiger charge is 2.14. The van der Waals surface area contributed by atoms with Gasteiger partial charge in [-0.25, -0.2) is 0 Å². The number of thiophene rings is 1. The molecule has 0 saturated heterocycles. The third kappa shape index (κ3) is 4.83. The Morgan fingerprint density at radius 1 is 1.62 bits per heavy atom. The van der Waals surface area contributed by atoms with Crippen molar-refractivity contribution in [1.29, 1.82) is 0 Å². The summed E-state index contributed by atoms with van der Waals surface area (Å²) in [6, 6.07) is 1.37. The summed E-state index contributed by atoms with van der Waals surface area (Å²) in [5.74, 6) is 2.20. The maximum atomic E-state index is 11.3. The van der Waals surface area contributed by atoms with Crippen LogP contribution >= 0.6 is 23.1 Å². The van der Waals surface area contributed by atoms with E-state index in [9.17, 15) is 4.79 Å². The molecule has 2 aromatic heterocycles. The second-order valence-electron chi connectivity index (χ2n) is 4.23. The van der Waals surface area contributed by atoms with E-state index >= 15 is 0 Å². The molecule has 0 radical (unpaired) electrons. The summed E-state index contributed by atoms with van der Waals surface area (Å²) in [5.41, 5.74) is 6.65. The summed E-state index contributed by atoms with van der Waals surface area (Å²) in [5, 5.41) is 7.85. The number of ether oxygens (including phenoxy) is 1. The standard InChI is InChI=1S/C13H17N3O3S2/c1-2-18-13(17)10(14)4-6-21-8-11-15-12(19-16-11)9-3-5-20-7-9/h3,5,7,10H,2,4,6,8,14H2,1H3. The predicted octanol–water partition coefficient (Wildman–Crippen LogP) is 2.31. The van der Waals surface area contributed by atoms with Crippen LogP contribution in [0.15, 0.2) is 21.3 Å². The Bertz CT molecular complexity index is 557. The first-order chi connectivity index (χ1) is 10.2. The number of hydrogen-bond donors (Lipinski definition) is 1. The van der Waals surface area contributed by atoms with Crippen molar-refractivity contribution in [3.8, 4) is 11.5 Å². The van der Waals surface area contributed by atoms with Crippen LogP contribution in [0.25, 0.3) is 11.5 Å². The molecule has 2 rings (SSSR count). The van der Waals surface area contributed by atoms with E-state index in [1.54, 1.807) is 30.0 Å². The van der Waals surface area contributed by atoms with E-state index < -0.39 is 6.04 Å². The number of nitrogens with two attached hydrogens (primary N) is 1. The number of nitrogens with zero attached hydrogens (tertiary/aromatic N) is 2. The molecule has 0 aliphatic rings. The lowest BCUT2D eigenvalue weighted by Gasteiger charge is -2.09. The van der Waals surface area contributed by atoms with Crippen molar-refractivity contribution in [1.82, 2.24) is 10.1 Å². The van der Waals surface area contributed by atoms with E-state index in [4.69, 9.17) is 15.0 Å². The minimum atomic E-state index is -0.566. The maximum Gasteiger partial charge on any atom is 0.322 e. The summed E-state index contributed by atoms with van der Waals surface area (Å²) in [4.78, 5) is 15.7. The molecule has 8 heteroatoms. The molecular formula is C13H17N3O3S2. The average molecular weight is 327 g/mol. The highest BCUT2D eigenvalue weighted by molar-refractivity contribution is 7.98. The van der Waals surface area contributed by atoms with Crippen molar-refractivity contribution in [2.45, 2.75) is 25.1 Å². The van der Waals surface area contributed by atoms with E-state index in [2.05, 4.69) is 10.1 Å². The van der Waals surface area contributed by atoms with E-state index in [0.29, 0.717) is 30.5 Å². The third-order valence-corrected chi connectivity index (χ3v) is 4.30. The van der Waals surface area contributed by atoms with E-state index in [-0.39, 0.29) is 5.97 Å². The van der Waals surface area contributed by atoms with Gasteiger partial charge in [0, 0.05) is 5.38 Å². The van der Waals surface area contributed by atoms with Gasteiger partial charge < -0.3 is 15.0 Å². The van der Waals surface area contributed by atoms with Crippen molar-refractivity contribution >= 4 is 29.1 Å². The monoisotopic (exact) mass is 327 g/mol. The van der Waals surface area contributed by atoms with E-state index in [1.165, 1.54) is 0 Å². The number of thioether (sulfide) groups is 1. The summed E-state index contributed by atoms with van der Waals surface area (Å²) in [6.45, 7) is 2.12. The molecule has 0 aliphatic heterocycles. The Morgan fingerprint density at radius 2 is 2.48 bits per heavy atom. The molecular weight excluding hydrogens is 310 g/mol. The van der Waals surface area contributed by atoms with Crippen LogP contribution in [0.1, 0.15) is 19.2 Å². The smallest absolute Gasteiger partial charge is 0.322 e. The lowest BCUT2D eigenvalue weighted by Crippen LogP contribution is -2.32. The first kappa shape index (κ1) is 16.0. The van der Waals surface area contributed by atoms with Gasteiger partial charge in [0.25, 0.3) is 5.89 Å². The third-order valence-electron chi connectivity index (χ3n) is 2.63. The quantitative estimate of drug-likeness (QED) is 0.587. The number of rotatable bonds is 8. The topological polar surface area (TPSA) is 91.2 Å². The second kappa shape index (κ2) is 8.16. The van der Waals surface area contributed by atoms with Crippen LogP contribution in [0.4, 0.5) is 0 Å². The SMILES string of the molecule is CCOC(=O)C(N)CCSCc1noc(-c2ccsc2)n1. The van der Waals surface area contributed by atoms with Crippen LogP contribution in [0.3, 0.4) is 0 Å². The van der Waals surface area contributed by atoms with Gasteiger partial charge >= 0.3 is 5.97 Å². The molecule has 0 fully saturated rings. The molecule has 2 heterocycles. The van der Waals surface area contributed by atoms with Gasteiger partial charge in [0.15, 0.2) is 5.82 Å². The van der Waals surface area contributed by atoms with Crippen molar-refractivity contribution in [3.63, 3.8) is 0 Å². The number of carbonyl (C=O) groups is 1. The first-order valence-corrected chi connectivity index (χ1v) is 8.65. The van der Waals surface area contributed by atoms with Crippen LogP contribution in [0.2, 0.25) is 0 Å². The van der Waals surface area contributed by atoms with Gasteiger partial charge in [-0.2, -0.15) is 28.1 Å². The van der Waals surface area contributed by atoms with Crippen molar-refractivity contribution in [3.05, 3.63) is 22.7 Å². The minimum Gasteiger partial charge on any atom is -0.465 e. The minimum absolute atomic E-state index is 0.350. The highest BCUT2D eigenvalue weighted by atomic mass is 32.2. The average Bonchev–Trinajstić information content (AvgIpc) is 3.14. The molecule has 0 aliphatic carbocycles. The Labute approximate surface area is 131 Å². The zero-order chi connectivity index (χ0) is 15.1. The summed E-state index contributed by atoms with van der Waals surface area (Å²) < 4.78 is 10.0. The molecule has 2 N–H and O–H groups in total. The Balaban J connectivity index is 1.71. The molecule has 1 unspecified atom stereocenters. The summed E-state index contributed by atoms with van der Waals surface area (Å²) in [7, 11) is 0. The largest absolute Gasteiger partial charge is 0.465 e. The Kier molecular flexibility index (Phi) is 6.21. The van der Waals surface area contributed by atoms with Gasteiger partial charge in [0.2, 0.25) is 0 Å². The zero-order valence-electron chi connectivity index (χ0n) is 11.7. The van der Waals surface area contributed by atoms with E-state index in [0.717, 1.165) is 11.3 Å². The molecule has 0 amide bonds. The highest BCUT2D eigenvalue weighted by Crippen LogP contribution is 2.21. The fourth-order valence-corrected chi connectivity index (χ4v) is 3.05. The predicted molar refractivity (Wildman–Crippen MR) is 83.0 cm³/mol. The molecule has 0 saturated carbocycles. The van der Waals surface area contributed by atoms with Crippen LogP contribution < -0.4 is 5.73 Å². The zero-order valence-corrected chi connectivity index (χ0v) is 13.3. The van der Waals surface area contributed by atoms with Crippen LogP contribution in [0.5, 0.6) is 0 Å². The van der Waals surface area contributed by atoms with Crippen molar-refractivity contribution in [2.75, 3.05) is 12.4 Å². The lowest BCUT2D eigenvalue weighted by atomic mass is 10.2. The Morgan fingerprint density at radius 3 is 3.19 bits per heavy atom. The van der Waals surface area contributed by atoms with Gasteiger partial charge in [-0.05, 0) is 30.5 Å². The summed E-state index contributed by atoms with van der Waals surface area (Å²) >= 11 is 3.19. The fourth-order valence-electron chi connectivity index (χ4n) is 1.56. The van der Waals surface area contributed by atoms with Crippen LogP contribution in [0, 0.1) is 0 Å². The molecule has 0 bridgehead atoms.